The summed E-state index contributed by atoms with van der Waals surface area (Å²) in [7, 11) is 1.55. The normalized spacial score (nSPS) is 11.7. The van der Waals surface area contributed by atoms with Crippen LogP contribution in [0.4, 0.5) is 5.69 Å². The van der Waals surface area contributed by atoms with Gasteiger partial charge in [0.05, 0.1) is 17.0 Å². The molecule has 5 nitrogen and oxygen atoms in total. The number of allylic oxidation sites excluding steroid dienone is 1. The number of halogens is 1. The predicted octanol–water partition coefficient (Wildman–Crippen LogP) is 1.99. The molecule has 0 aliphatic carbocycles. The summed E-state index contributed by atoms with van der Waals surface area (Å²) < 4.78 is 24.1. The van der Waals surface area contributed by atoms with Gasteiger partial charge in [-0.3, -0.25) is 9.10 Å². The van der Waals surface area contributed by atoms with Gasteiger partial charge in [0.15, 0.2) is 5.78 Å². The fourth-order valence-corrected chi connectivity index (χ4v) is 2.20. The lowest BCUT2D eigenvalue weighted by Crippen LogP contribution is -2.25. The smallest absolute Gasteiger partial charge is 0.232 e. The van der Waals surface area contributed by atoms with Gasteiger partial charge < -0.3 is 4.90 Å². The molecule has 7 heteroatoms. The minimum Gasteiger partial charge on any atom is -0.383 e. The zero-order valence-corrected chi connectivity index (χ0v) is 13.4. The van der Waals surface area contributed by atoms with Gasteiger partial charge in [-0.1, -0.05) is 11.6 Å². The van der Waals surface area contributed by atoms with Gasteiger partial charge in [-0.25, -0.2) is 8.42 Å². The second-order valence-corrected chi connectivity index (χ2v) is 6.96. The highest BCUT2D eigenvalue weighted by Gasteiger charge is 2.16. The van der Waals surface area contributed by atoms with Crippen molar-refractivity contribution in [2.45, 2.75) is 0 Å². The largest absolute Gasteiger partial charge is 0.383 e. The average molecular weight is 317 g/mol. The molecule has 1 aromatic carbocycles. The molecule has 0 unspecified atom stereocenters. The maximum Gasteiger partial charge on any atom is 0.232 e. The van der Waals surface area contributed by atoms with Crippen molar-refractivity contribution in [3.05, 3.63) is 41.1 Å². The number of anilines is 1. The lowest BCUT2D eigenvalue weighted by Gasteiger charge is -2.18. The molecule has 0 N–H and O–H groups in total. The van der Waals surface area contributed by atoms with E-state index >= 15 is 0 Å². The number of nitrogens with zero attached hydrogens (tertiary/aromatic N) is 2. The third kappa shape index (κ3) is 4.25. The Kier molecular flexibility index (Phi) is 5.19. The fourth-order valence-electron chi connectivity index (χ4n) is 1.40. The minimum absolute atomic E-state index is 0.224. The van der Waals surface area contributed by atoms with Crippen LogP contribution in [0.25, 0.3) is 0 Å². The lowest BCUT2D eigenvalue weighted by atomic mass is 10.1. The van der Waals surface area contributed by atoms with E-state index in [-0.39, 0.29) is 16.5 Å². The maximum atomic E-state index is 12.0. The zero-order chi connectivity index (χ0) is 15.5. The highest BCUT2D eigenvalue weighted by atomic mass is 35.5. The quantitative estimate of drug-likeness (QED) is 0.616. The highest BCUT2D eigenvalue weighted by Crippen LogP contribution is 2.28. The number of rotatable bonds is 5. The summed E-state index contributed by atoms with van der Waals surface area (Å²) in [5.41, 5.74) is 0.649. The van der Waals surface area contributed by atoms with Crippen molar-refractivity contribution < 1.29 is 13.2 Å². The molecular weight excluding hydrogens is 300 g/mol. The highest BCUT2D eigenvalue weighted by molar-refractivity contribution is 7.92. The van der Waals surface area contributed by atoms with Crippen LogP contribution in [0.2, 0.25) is 5.02 Å². The van der Waals surface area contributed by atoms with Gasteiger partial charge in [0, 0.05) is 39.0 Å². The first-order chi connectivity index (χ1) is 9.12. The van der Waals surface area contributed by atoms with Crippen LogP contribution < -0.4 is 4.31 Å². The molecule has 0 aliphatic heterocycles. The van der Waals surface area contributed by atoms with Crippen molar-refractivity contribution in [1.29, 1.82) is 0 Å². The molecular formula is C13H17ClN2O3S. The SMILES string of the molecule is CN(C)/C=C/C(=O)c1ccc(Cl)c(N(C)S(C)(=O)=O)c1. The van der Waals surface area contributed by atoms with Gasteiger partial charge in [0.1, 0.15) is 0 Å². The Morgan fingerprint density at radius 1 is 1.25 bits per heavy atom. The summed E-state index contributed by atoms with van der Waals surface area (Å²) in [4.78, 5) is 13.7. The summed E-state index contributed by atoms with van der Waals surface area (Å²) in [6, 6.07) is 4.53. The Morgan fingerprint density at radius 3 is 2.35 bits per heavy atom. The van der Waals surface area contributed by atoms with E-state index in [0.717, 1.165) is 10.6 Å². The average Bonchev–Trinajstić information content (AvgIpc) is 2.34. The van der Waals surface area contributed by atoms with E-state index in [1.165, 1.54) is 25.3 Å². The Labute approximate surface area is 124 Å². The van der Waals surface area contributed by atoms with E-state index in [2.05, 4.69) is 0 Å². The van der Waals surface area contributed by atoms with Crippen molar-refractivity contribution in [1.82, 2.24) is 4.90 Å². The number of benzene rings is 1. The predicted molar refractivity (Wildman–Crippen MR) is 81.9 cm³/mol. The minimum atomic E-state index is -3.44. The number of sulfonamides is 1. The van der Waals surface area contributed by atoms with Gasteiger partial charge in [-0.15, -0.1) is 0 Å². The van der Waals surface area contributed by atoms with Crippen LogP contribution in [0.1, 0.15) is 10.4 Å². The molecule has 110 valence electrons. The second-order valence-electron chi connectivity index (χ2n) is 4.54. The summed E-state index contributed by atoms with van der Waals surface area (Å²) in [5, 5.41) is 0.270. The van der Waals surface area contributed by atoms with Crippen LogP contribution >= 0.6 is 11.6 Å². The summed E-state index contributed by atoms with van der Waals surface area (Å²) in [5.74, 6) is -0.224. The first-order valence-corrected chi connectivity index (χ1v) is 7.98. The molecule has 0 heterocycles. The lowest BCUT2D eigenvalue weighted by molar-refractivity contribution is 0.104. The number of hydrogen-bond acceptors (Lipinski definition) is 4. The Bertz CT molecular complexity index is 639. The number of hydrogen-bond donors (Lipinski definition) is 0. The Hall–Kier alpha value is -1.53. The van der Waals surface area contributed by atoms with Crippen LogP contribution in [-0.2, 0) is 10.0 Å². The van der Waals surface area contributed by atoms with Crippen molar-refractivity contribution in [3.8, 4) is 0 Å². The molecule has 0 bridgehead atoms. The van der Waals surface area contributed by atoms with Crippen LogP contribution in [0, 0.1) is 0 Å². The number of carbonyl (C=O) groups is 1. The first-order valence-electron chi connectivity index (χ1n) is 5.75. The van der Waals surface area contributed by atoms with Crippen molar-refractivity contribution in [2.24, 2.45) is 0 Å². The van der Waals surface area contributed by atoms with E-state index in [9.17, 15) is 13.2 Å². The van der Waals surface area contributed by atoms with Gasteiger partial charge >= 0.3 is 0 Å². The summed E-state index contributed by atoms with van der Waals surface area (Å²) in [6.07, 6.45) is 4.11. The molecule has 1 aromatic rings. The molecule has 0 fully saturated rings. The van der Waals surface area contributed by atoms with E-state index in [1.54, 1.807) is 31.3 Å². The van der Waals surface area contributed by atoms with E-state index in [0.29, 0.717) is 5.56 Å². The Balaban J connectivity index is 3.19. The second kappa shape index (κ2) is 6.28. The maximum absolute atomic E-state index is 12.0. The van der Waals surface area contributed by atoms with Crippen LogP contribution in [0.5, 0.6) is 0 Å². The molecule has 0 atom stereocenters. The Morgan fingerprint density at radius 2 is 1.85 bits per heavy atom. The zero-order valence-electron chi connectivity index (χ0n) is 11.8. The number of carbonyl (C=O) groups excluding carboxylic acids is 1. The molecule has 0 aliphatic rings. The molecule has 20 heavy (non-hydrogen) atoms. The van der Waals surface area contributed by atoms with Gasteiger partial charge in [-0.05, 0) is 18.2 Å². The molecule has 0 radical (unpaired) electrons. The molecule has 1 rings (SSSR count). The van der Waals surface area contributed by atoms with Crippen molar-refractivity contribution >= 4 is 33.1 Å². The van der Waals surface area contributed by atoms with E-state index in [4.69, 9.17) is 11.6 Å². The van der Waals surface area contributed by atoms with Gasteiger partial charge in [-0.2, -0.15) is 0 Å². The van der Waals surface area contributed by atoms with Crippen molar-refractivity contribution in [2.75, 3.05) is 31.7 Å². The standard InChI is InChI=1S/C13H17ClN2O3S/c1-15(2)8-7-13(17)10-5-6-11(14)12(9-10)16(3)20(4,18)19/h5-9H,1-4H3/b8-7+. The van der Waals surface area contributed by atoms with E-state index < -0.39 is 10.0 Å². The third-order valence-electron chi connectivity index (χ3n) is 2.59. The van der Waals surface area contributed by atoms with Gasteiger partial charge in [0.2, 0.25) is 10.0 Å². The third-order valence-corrected chi connectivity index (χ3v) is 4.10. The molecule has 0 saturated heterocycles. The fraction of sp³-hybridized carbons (Fsp3) is 0.308. The van der Waals surface area contributed by atoms with E-state index in [1.807, 2.05) is 0 Å². The molecule has 0 spiro atoms. The monoisotopic (exact) mass is 316 g/mol. The number of ketones is 1. The van der Waals surface area contributed by atoms with Crippen LogP contribution in [-0.4, -0.2) is 46.5 Å². The van der Waals surface area contributed by atoms with Crippen molar-refractivity contribution in [3.63, 3.8) is 0 Å². The summed E-state index contributed by atoms with van der Waals surface area (Å²) >= 11 is 5.99. The summed E-state index contributed by atoms with van der Waals surface area (Å²) in [6.45, 7) is 0. The molecule has 0 saturated carbocycles. The first kappa shape index (κ1) is 16.5. The topological polar surface area (TPSA) is 57.7 Å². The van der Waals surface area contributed by atoms with Crippen LogP contribution in [0.3, 0.4) is 0 Å². The molecule has 0 amide bonds. The van der Waals surface area contributed by atoms with Gasteiger partial charge in [0.25, 0.3) is 0 Å². The molecule has 0 aromatic heterocycles. The van der Waals surface area contributed by atoms with Crippen LogP contribution in [0.15, 0.2) is 30.5 Å².